The molecule has 18 heavy (non-hydrogen) atoms. The minimum absolute atomic E-state index is 0.00853. The van der Waals surface area contributed by atoms with Gasteiger partial charge in [0.2, 0.25) is 0 Å². The van der Waals surface area contributed by atoms with Crippen molar-refractivity contribution in [2.45, 2.75) is 32.7 Å². The lowest BCUT2D eigenvalue weighted by molar-refractivity contribution is 0.0950. The zero-order valence-corrected chi connectivity index (χ0v) is 11.4. The lowest BCUT2D eigenvalue weighted by Gasteiger charge is -2.04. The molecule has 1 saturated carbocycles. The summed E-state index contributed by atoms with van der Waals surface area (Å²) in [4.78, 5) is 13.5. The number of rotatable bonds is 3. The Hall–Kier alpha value is -1.31. The van der Waals surface area contributed by atoms with Crippen LogP contribution in [0, 0.1) is 17.3 Å². The van der Waals surface area contributed by atoms with Gasteiger partial charge < -0.3 is 10.4 Å². The first-order valence-corrected chi connectivity index (χ1v) is 6.85. The molecule has 1 aromatic rings. The Kier molecular flexibility index (Phi) is 3.74. The average Bonchev–Trinajstić information content (AvgIpc) is 2.76. The van der Waals surface area contributed by atoms with Gasteiger partial charge in [0, 0.05) is 12.5 Å². The molecule has 96 valence electrons. The van der Waals surface area contributed by atoms with Crippen LogP contribution in [0.1, 0.15) is 41.2 Å². The zero-order chi connectivity index (χ0) is 13.2. The number of aliphatic hydroxyl groups excluding tert-OH is 1. The molecule has 0 bridgehead atoms. The standard InChI is InChI=1S/C14H17NO2S/c1-14(2)9-12(14)15-13(17)11-7-6-10(18-11)5-3-4-8-16/h6-7,12,16H,4,8-9H2,1-2H3,(H,15,17). The zero-order valence-electron chi connectivity index (χ0n) is 10.6. The van der Waals surface area contributed by atoms with Crippen LogP contribution in [-0.2, 0) is 0 Å². The highest BCUT2D eigenvalue weighted by Gasteiger charge is 2.46. The Morgan fingerprint density at radius 1 is 1.61 bits per heavy atom. The normalized spacial score (nSPS) is 19.8. The minimum Gasteiger partial charge on any atom is -0.395 e. The van der Waals surface area contributed by atoms with Crippen LogP contribution in [0.4, 0.5) is 0 Å². The molecule has 1 fully saturated rings. The molecule has 1 aliphatic carbocycles. The van der Waals surface area contributed by atoms with E-state index in [2.05, 4.69) is 31.0 Å². The summed E-state index contributed by atoms with van der Waals surface area (Å²) in [7, 11) is 0. The summed E-state index contributed by atoms with van der Waals surface area (Å²) in [5.74, 6) is 5.77. The van der Waals surface area contributed by atoms with E-state index < -0.39 is 0 Å². The maximum absolute atomic E-state index is 11.9. The van der Waals surface area contributed by atoms with Crippen LogP contribution >= 0.6 is 11.3 Å². The van der Waals surface area contributed by atoms with Crippen LogP contribution in [0.5, 0.6) is 0 Å². The second-order valence-corrected chi connectivity index (χ2v) is 6.24. The van der Waals surface area contributed by atoms with Crippen LogP contribution < -0.4 is 5.32 Å². The highest BCUT2D eigenvalue weighted by Crippen LogP contribution is 2.44. The van der Waals surface area contributed by atoms with Gasteiger partial charge in [0.15, 0.2) is 0 Å². The maximum Gasteiger partial charge on any atom is 0.261 e. The smallest absolute Gasteiger partial charge is 0.261 e. The molecular weight excluding hydrogens is 246 g/mol. The van der Waals surface area contributed by atoms with E-state index in [-0.39, 0.29) is 17.9 Å². The predicted molar refractivity (Wildman–Crippen MR) is 72.6 cm³/mol. The molecular formula is C14H17NO2S. The van der Waals surface area contributed by atoms with Gasteiger partial charge in [0.25, 0.3) is 5.91 Å². The summed E-state index contributed by atoms with van der Waals surface area (Å²) in [5, 5.41) is 11.7. The molecule has 1 heterocycles. The lowest BCUT2D eigenvalue weighted by Crippen LogP contribution is -2.27. The second-order valence-electron chi connectivity index (χ2n) is 5.16. The second kappa shape index (κ2) is 5.13. The van der Waals surface area contributed by atoms with Crippen molar-refractivity contribution in [2.75, 3.05) is 6.61 Å². The van der Waals surface area contributed by atoms with Crippen molar-refractivity contribution in [2.24, 2.45) is 5.41 Å². The predicted octanol–water partition coefficient (Wildman–Crippen LogP) is 2.01. The van der Waals surface area contributed by atoms with E-state index in [0.717, 1.165) is 11.3 Å². The van der Waals surface area contributed by atoms with E-state index >= 15 is 0 Å². The van der Waals surface area contributed by atoms with Gasteiger partial charge in [-0.1, -0.05) is 25.7 Å². The summed E-state index contributed by atoms with van der Waals surface area (Å²) in [6.45, 7) is 4.37. The molecule has 0 aliphatic heterocycles. The number of hydrogen-bond acceptors (Lipinski definition) is 3. The van der Waals surface area contributed by atoms with Gasteiger partial charge in [0.05, 0.1) is 16.4 Å². The van der Waals surface area contributed by atoms with E-state index in [0.29, 0.717) is 17.3 Å². The number of amides is 1. The van der Waals surface area contributed by atoms with Gasteiger partial charge in [0.1, 0.15) is 0 Å². The summed E-state index contributed by atoms with van der Waals surface area (Å²) in [5.41, 5.74) is 0.247. The van der Waals surface area contributed by atoms with Gasteiger partial charge >= 0.3 is 0 Å². The fraction of sp³-hybridized carbons (Fsp3) is 0.500. The molecule has 0 spiro atoms. The van der Waals surface area contributed by atoms with Crippen molar-refractivity contribution in [1.82, 2.24) is 5.32 Å². The van der Waals surface area contributed by atoms with Crippen LogP contribution in [0.25, 0.3) is 0 Å². The third-order valence-corrected chi connectivity index (χ3v) is 4.10. The molecule has 0 saturated heterocycles. The Morgan fingerprint density at radius 2 is 2.33 bits per heavy atom. The van der Waals surface area contributed by atoms with E-state index in [1.165, 1.54) is 11.3 Å². The summed E-state index contributed by atoms with van der Waals surface area (Å²) >= 11 is 1.39. The Bertz CT molecular complexity index is 507. The van der Waals surface area contributed by atoms with Crippen molar-refractivity contribution >= 4 is 17.2 Å². The lowest BCUT2D eigenvalue weighted by atomic mass is 10.2. The molecule has 1 atom stereocenters. The molecule has 1 unspecified atom stereocenters. The van der Waals surface area contributed by atoms with Gasteiger partial charge in [-0.05, 0) is 24.0 Å². The fourth-order valence-electron chi connectivity index (χ4n) is 1.68. The van der Waals surface area contributed by atoms with E-state index in [9.17, 15) is 4.79 Å². The van der Waals surface area contributed by atoms with Crippen LogP contribution in [0.15, 0.2) is 12.1 Å². The number of carbonyl (C=O) groups excluding carboxylic acids is 1. The first-order valence-electron chi connectivity index (χ1n) is 6.03. The Morgan fingerprint density at radius 3 is 2.94 bits per heavy atom. The van der Waals surface area contributed by atoms with Gasteiger partial charge in [-0.25, -0.2) is 0 Å². The van der Waals surface area contributed by atoms with E-state index in [1.54, 1.807) is 6.07 Å². The molecule has 2 rings (SSSR count). The summed E-state index contributed by atoms with van der Waals surface area (Å²) < 4.78 is 0. The summed E-state index contributed by atoms with van der Waals surface area (Å²) in [6.07, 6.45) is 1.52. The number of nitrogens with one attached hydrogen (secondary N) is 1. The van der Waals surface area contributed by atoms with Crippen molar-refractivity contribution in [3.63, 3.8) is 0 Å². The molecule has 1 amide bonds. The van der Waals surface area contributed by atoms with Crippen molar-refractivity contribution in [3.05, 3.63) is 21.9 Å². The molecule has 3 nitrogen and oxygen atoms in total. The largest absolute Gasteiger partial charge is 0.395 e. The first kappa shape index (κ1) is 13.1. The number of hydrogen-bond donors (Lipinski definition) is 2. The van der Waals surface area contributed by atoms with Crippen LogP contribution in [0.3, 0.4) is 0 Å². The monoisotopic (exact) mass is 263 g/mol. The van der Waals surface area contributed by atoms with Crippen molar-refractivity contribution in [3.8, 4) is 11.8 Å². The average molecular weight is 263 g/mol. The van der Waals surface area contributed by atoms with Gasteiger partial charge in [-0.15, -0.1) is 11.3 Å². The Labute approximate surface area is 111 Å². The van der Waals surface area contributed by atoms with E-state index in [1.807, 2.05) is 6.07 Å². The van der Waals surface area contributed by atoms with E-state index in [4.69, 9.17) is 5.11 Å². The number of carbonyl (C=O) groups is 1. The van der Waals surface area contributed by atoms with Crippen LogP contribution in [-0.4, -0.2) is 23.7 Å². The summed E-state index contributed by atoms with van der Waals surface area (Å²) in [6, 6.07) is 3.95. The van der Waals surface area contributed by atoms with Crippen molar-refractivity contribution < 1.29 is 9.90 Å². The van der Waals surface area contributed by atoms with Crippen molar-refractivity contribution in [1.29, 1.82) is 0 Å². The van der Waals surface area contributed by atoms with Gasteiger partial charge in [-0.3, -0.25) is 4.79 Å². The third-order valence-electron chi connectivity index (χ3n) is 3.10. The molecule has 0 radical (unpaired) electrons. The maximum atomic E-state index is 11.9. The molecule has 1 aliphatic rings. The van der Waals surface area contributed by atoms with Crippen LogP contribution in [0.2, 0.25) is 0 Å². The van der Waals surface area contributed by atoms with Gasteiger partial charge in [-0.2, -0.15) is 0 Å². The molecule has 2 N–H and O–H groups in total. The quantitative estimate of drug-likeness (QED) is 0.820. The highest BCUT2D eigenvalue weighted by atomic mass is 32.1. The highest BCUT2D eigenvalue weighted by molar-refractivity contribution is 7.14. The molecule has 4 heteroatoms. The fourth-order valence-corrected chi connectivity index (χ4v) is 2.46. The topological polar surface area (TPSA) is 49.3 Å². The number of aliphatic hydroxyl groups is 1. The molecule has 1 aromatic heterocycles. The minimum atomic E-state index is -0.00853. The first-order chi connectivity index (χ1) is 8.53. The Balaban J connectivity index is 1.94. The molecule has 0 aromatic carbocycles. The SMILES string of the molecule is CC1(C)CC1NC(=O)c1ccc(C#CCCO)s1. The third kappa shape index (κ3) is 3.12. The number of thiophene rings is 1.